The molecule has 0 radical (unpaired) electrons. The number of carbonyl (C=O) groups is 3. The molecule has 1 heterocycles. The number of anilines is 1. The van der Waals surface area contributed by atoms with Crippen molar-refractivity contribution in [3.05, 3.63) is 59.9 Å². The molecule has 134 valence electrons. The van der Waals surface area contributed by atoms with Crippen LogP contribution < -0.4 is 5.32 Å². The molecule has 2 aromatic rings. The van der Waals surface area contributed by atoms with Crippen molar-refractivity contribution in [2.75, 3.05) is 11.1 Å². The van der Waals surface area contributed by atoms with Gasteiger partial charge in [-0.05, 0) is 29.8 Å². The summed E-state index contributed by atoms with van der Waals surface area (Å²) in [6.07, 6.45) is 0.541. The maximum Gasteiger partial charge on any atom is 0.234 e. The lowest BCUT2D eigenvalue weighted by molar-refractivity contribution is -0.139. The third-order valence-electron chi connectivity index (χ3n) is 3.93. The van der Waals surface area contributed by atoms with Crippen LogP contribution in [0.2, 0.25) is 0 Å². The molecule has 0 saturated carbocycles. The van der Waals surface area contributed by atoms with Crippen LogP contribution in [0.3, 0.4) is 0 Å². The number of benzene rings is 2. The number of hydrogen-bond donors (Lipinski definition) is 1. The average molecular weight is 372 g/mol. The summed E-state index contributed by atoms with van der Waals surface area (Å²) in [5.74, 6) is -0.800. The first kappa shape index (κ1) is 18.1. The third kappa shape index (κ3) is 4.49. The second-order valence-electron chi connectivity index (χ2n) is 5.84. The number of rotatable bonds is 6. The average Bonchev–Trinajstić information content (AvgIpc) is 2.94. The lowest BCUT2D eigenvalue weighted by Gasteiger charge is -2.14. The van der Waals surface area contributed by atoms with Crippen molar-refractivity contribution >= 4 is 35.2 Å². The van der Waals surface area contributed by atoms with E-state index in [1.165, 1.54) is 11.0 Å². The van der Waals surface area contributed by atoms with Crippen LogP contribution >= 0.6 is 11.8 Å². The van der Waals surface area contributed by atoms with Gasteiger partial charge in [0, 0.05) is 23.4 Å². The van der Waals surface area contributed by atoms with E-state index in [4.69, 9.17) is 0 Å². The first-order chi connectivity index (χ1) is 12.5. The van der Waals surface area contributed by atoms with E-state index in [0.29, 0.717) is 10.6 Å². The van der Waals surface area contributed by atoms with Crippen LogP contribution in [0.4, 0.5) is 10.1 Å². The number of likely N-dealkylation sites (tertiary alicyclic amines) is 1. The van der Waals surface area contributed by atoms with Crippen molar-refractivity contribution in [2.45, 2.75) is 24.3 Å². The number of halogens is 1. The number of thioether (sulfide) groups is 1. The lowest BCUT2D eigenvalue weighted by Crippen LogP contribution is -2.28. The van der Waals surface area contributed by atoms with E-state index in [1.54, 1.807) is 42.5 Å². The second-order valence-corrected chi connectivity index (χ2v) is 6.85. The Balaban J connectivity index is 1.52. The molecule has 1 aliphatic heterocycles. The molecule has 0 unspecified atom stereocenters. The van der Waals surface area contributed by atoms with Gasteiger partial charge in [-0.15, -0.1) is 11.8 Å². The van der Waals surface area contributed by atoms with Crippen LogP contribution in [-0.4, -0.2) is 28.4 Å². The van der Waals surface area contributed by atoms with Crippen molar-refractivity contribution in [2.24, 2.45) is 0 Å². The van der Waals surface area contributed by atoms with Crippen LogP contribution in [0.1, 0.15) is 18.4 Å². The van der Waals surface area contributed by atoms with Gasteiger partial charge in [0.2, 0.25) is 17.7 Å². The van der Waals surface area contributed by atoms with Crippen LogP contribution in [0.15, 0.2) is 53.4 Å². The van der Waals surface area contributed by atoms with Gasteiger partial charge in [0.05, 0.1) is 12.3 Å². The molecular weight excluding hydrogens is 355 g/mol. The molecule has 0 aliphatic carbocycles. The highest BCUT2D eigenvalue weighted by molar-refractivity contribution is 8.00. The molecule has 3 rings (SSSR count). The zero-order valence-electron chi connectivity index (χ0n) is 13.9. The number of amides is 3. The van der Waals surface area contributed by atoms with Gasteiger partial charge in [-0.25, -0.2) is 4.39 Å². The summed E-state index contributed by atoms with van der Waals surface area (Å²) in [4.78, 5) is 36.9. The quantitative estimate of drug-likeness (QED) is 0.625. The summed E-state index contributed by atoms with van der Waals surface area (Å²) < 4.78 is 13.5. The fourth-order valence-corrected chi connectivity index (χ4v) is 3.32. The first-order valence-corrected chi connectivity index (χ1v) is 9.11. The monoisotopic (exact) mass is 372 g/mol. The molecule has 1 fully saturated rings. The summed E-state index contributed by atoms with van der Waals surface area (Å²) in [5, 5.41) is 2.74. The maximum absolute atomic E-state index is 13.5. The van der Waals surface area contributed by atoms with Gasteiger partial charge in [-0.3, -0.25) is 19.3 Å². The Morgan fingerprint density at radius 1 is 1.04 bits per heavy atom. The van der Waals surface area contributed by atoms with Gasteiger partial charge in [0.25, 0.3) is 0 Å². The summed E-state index contributed by atoms with van der Waals surface area (Å²) in [6, 6.07) is 13.3. The number of nitrogens with one attached hydrogen (secondary N) is 1. The summed E-state index contributed by atoms with van der Waals surface area (Å²) in [5.41, 5.74) is 1.42. The topological polar surface area (TPSA) is 66.5 Å². The maximum atomic E-state index is 13.5. The van der Waals surface area contributed by atoms with Crippen LogP contribution in [0.25, 0.3) is 0 Å². The number of imide groups is 1. The van der Waals surface area contributed by atoms with Crippen LogP contribution in [-0.2, 0) is 20.9 Å². The zero-order chi connectivity index (χ0) is 18.5. The van der Waals surface area contributed by atoms with Crippen molar-refractivity contribution in [3.63, 3.8) is 0 Å². The molecule has 1 N–H and O–H groups in total. The molecule has 7 heteroatoms. The normalized spacial score (nSPS) is 14.0. The minimum Gasteiger partial charge on any atom is -0.325 e. The van der Waals surface area contributed by atoms with Crippen molar-refractivity contribution in [1.29, 1.82) is 0 Å². The van der Waals surface area contributed by atoms with Gasteiger partial charge in [-0.2, -0.15) is 0 Å². The fourth-order valence-electron chi connectivity index (χ4n) is 2.58. The van der Waals surface area contributed by atoms with Crippen molar-refractivity contribution in [3.8, 4) is 0 Å². The van der Waals surface area contributed by atoms with E-state index < -0.39 is 0 Å². The predicted octanol–water partition coefficient (Wildman–Crippen LogP) is 3.21. The van der Waals surface area contributed by atoms with E-state index in [-0.39, 0.29) is 48.7 Å². The van der Waals surface area contributed by atoms with Crippen LogP contribution in [0, 0.1) is 5.82 Å². The Labute approximate surface area is 154 Å². The minimum absolute atomic E-state index is 0.0967. The summed E-state index contributed by atoms with van der Waals surface area (Å²) >= 11 is 1.13. The molecule has 5 nitrogen and oxygen atoms in total. The molecule has 0 atom stereocenters. The van der Waals surface area contributed by atoms with Gasteiger partial charge >= 0.3 is 0 Å². The summed E-state index contributed by atoms with van der Waals surface area (Å²) in [7, 11) is 0. The van der Waals surface area contributed by atoms with Gasteiger partial charge in [0.1, 0.15) is 5.82 Å². The number of nitrogens with zero attached hydrogens (tertiary/aromatic N) is 1. The zero-order valence-corrected chi connectivity index (χ0v) is 14.7. The largest absolute Gasteiger partial charge is 0.325 e. The Hall–Kier alpha value is -2.67. The van der Waals surface area contributed by atoms with Crippen molar-refractivity contribution in [1.82, 2.24) is 4.90 Å². The molecule has 1 saturated heterocycles. The first-order valence-electron chi connectivity index (χ1n) is 8.12. The molecule has 2 aromatic carbocycles. The number of hydrogen-bond acceptors (Lipinski definition) is 4. The smallest absolute Gasteiger partial charge is 0.234 e. The van der Waals surface area contributed by atoms with E-state index >= 15 is 0 Å². The SMILES string of the molecule is O=C(CSc1ccccc1F)Nc1ccc(CN2C(=O)CCC2=O)cc1. The minimum atomic E-state index is -0.347. The molecule has 1 aliphatic rings. The molecular formula is C19H17FN2O3S. The van der Waals surface area contributed by atoms with Gasteiger partial charge in [0.15, 0.2) is 0 Å². The Bertz CT molecular complexity index is 823. The van der Waals surface area contributed by atoms with E-state index in [1.807, 2.05) is 0 Å². The highest BCUT2D eigenvalue weighted by Gasteiger charge is 2.28. The molecule has 3 amide bonds. The van der Waals surface area contributed by atoms with Gasteiger partial charge in [-0.1, -0.05) is 24.3 Å². The summed E-state index contributed by atoms with van der Waals surface area (Å²) in [6.45, 7) is 0.245. The Kier molecular flexibility index (Phi) is 5.68. The highest BCUT2D eigenvalue weighted by Crippen LogP contribution is 2.22. The van der Waals surface area contributed by atoms with E-state index in [2.05, 4.69) is 5.32 Å². The number of carbonyl (C=O) groups excluding carboxylic acids is 3. The lowest BCUT2D eigenvalue weighted by atomic mass is 10.2. The van der Waals surface area contributed by atoms with Crippen molar-refractivity contribution < 1.29 is 18.8 Å². The highest BCUT2D eigenvalue weighted by atomic mass is 32.2. The van der Waals surface area contributed by atoms with Crippen LogP contribution in [0.5, 0.6) is 0 Å². The standard InChI is InChI=1S/C19H17FN2O3S/c20-15-3-1-2-4-16(15)26-12-17(23)21-14-7-5-13(6-8-14)11-22-18(24)9-10-19(22)25/h1-8H,9-12H2,(H,21,23). The predicted molar refractivity (Wildman–Crippen MR) is 97.0 cm³/mol. The Morgan fingerprint density at radius 2 is 1.69 bits per heavy atom. The molecule has 26 heavy (non-hydrogen) atoms. The third-order valence-corrected chi connectivity index (χ3v) is 4.98. The molecule has 0 bridgehead atoms. The van der Waals surface area contributed by atoms with E-state index in [9.17, 15) is 18.8 Å². The fraction of sp³-hybridized carbons (Fsp3) is 0.211. The van der Waals surface area contributed by atoms with E-state index in [0.717, 1.165) is 17.3 Å². The second kappa shape index (κ2) is 8.14. The Morgan fingerprint density at radius 3 is 2.35 bits per heavy atom. The van der Waals surface area contributed by atoms with Gasteiger partial charge < -0.3 is 5.32 Å². The molecule has 0 aromatic heterocycles. The molecule has 0 spiro atoms.